The van der Waals surface area contributed by atoms with Gasteiger partial charge in [-0.1, -0.05) is 12.2 Å². The first-order valence-corrected chi connectivity index (χ1v) is 6.48. The Labute approximate surface area is 105 Å². The van der Waals surface area contributed by atoms with Crippen LogP contribution in [0.15, 0.2) is 18.3 Å². The van der Waals surface area contributed by atoms with Gasteiger partial charge in [0.05, 0.1) is 17.5 Å². The second-order valence-electron chi connectivity index (χ2n) is 4.43. The highest BCUT2D eigenvalue weighted by molar-refractivity contribution is 7.11. The molecule has 5 heteroatoms. The summed E-state index contributed by atoms with van der Waals surface area (Å²) in [5, 5.41) is 1.03. The SMILES string of the molecule is Cc1ncc(CN(C)C(=O)C2C=CC(N)C2)s1. The maximum absolute atomic E-state index is 12.1. The fourth-order valence-electron chi connectivity index (χ4n) is 1.98. The van der Waals surface area contributed by atoms with Crippen LogP contribution in [0.3, 0.4) is 0 Å². The zero-order valence-corrected chi connectivity index (χ0v) is 10.9. The Hall–Kier alpha value is -1.20. The van der Waals surface area contributed by atoms with E-state index in [-0.39, 0.29) is 17.9 Å². The number of carbonyl (C=O) groups is 1. The molecule has 92 valence electrons. The topological polar surface area (TPSA) is 59.2 Å². The predicted molar refractivity (Wildman–Crippen MR) is 68.5 cm³/mol. The Balaban J connectivity index is 1.94. The summed E-state index contributed by atoms with van der Waals surface area (Å²) in [6.07, 6.45) is 6.39. The molecule has 1 aromatic heterocycles. The van der Waals surface area contributed by atoms with Crippen LogP contribution in [0.5, 0.6) is 0 Å². The lowest BCUT2D eigenvalue weighted by Crippen LogP contribution is -2.32. The minimum atomic E-state index is -0.0518. The third-order valence-electron chi connectivity index (χ3n) is 2.87. The number of hydrogen-bond acceptors (Lipinski definition) is 4. The van der Waals surface area contributed by atoms with Gasteiger partial charge in [0, 0.05) is 24.2 Å². The molecule has 2 unspecified atom stereocenters. The van der Waals surface area contributed by atoms with E-state index in [1.54, 1.807) is 16.2 Å². The van der Waals surface area contributed by atoms with Crippen molar-refractivity contribution in [1.82, 2.24) is 9.88 Å². The summed E-state index contributed by atoms with van der Waals surface area (Å²) in [6, 6.07) is 0.0306. The smallest absolute Gasteiger partial charge is 0.229 e. The molecular weight excluding hydrogens is 234 g/mol. The van der Waals surface area contributed by atoms with Crippen molar-refractivity contribution in [3.8, 4) is 0 Å². The predicted octanol–water partition coefficient (Wildman–Crippen LogP) is 1.31. The van der Waals surface area contributed by atoms with Gasteiger partial charge in [0.25, 0.3) is 0 Å². The molecule has 1 aromatic rings. The normalized spacial score (nSPS) is 23.0. The summed E-state index contributed by atoms with van der Waals surface area (Å²) >= 11 is 1.63. The molecule has 0 radical (unpaired) electrons. The van der Waals surface area contributed by atoms with E-state index >= 15 is 0 Å². The van der Waals surface area contributed by atoms with Gasteiger partial charge in [0.2, 0.25) is 5.91 Å². The van der Waals surface area contributed by atoms with Crippen molar-refractivity contribution >= 4 is 17.2 Å². The average molecular weight is 251 g/mol. The molecule has 0 saturated heterocycles. The molecule has 1 aliphatic carbocycles. The number of rotatable bonds is 3. The minimum Gasteiger partial charge on any atom is -0.340 e. The van der Waals surface area contributed by atoms with Gasteiger partial charge in [-0.2, -0.15) is 0 Å². The second-order valence-corrected chi connectivity index (χ2v) is 5.75. The summed E-state index contributed by atoms with van der Waals surface area (Å²) in [6.45, 7) is 2.60. The lowest BCUT2D eigenvalue weighted by atomic mass is 10.1. The van der Waals surface area contributed by atoms with Gasteiger partial charge in [0.1, 0.15) is 0 Å². The summed E-state index contributed by atoms with van der Waals surface area (Å²) in [4.78, 5) is 19.2. The molecule has 1 aliphatic rings. The molecule has 0 aliphatic heterocycles. The Bertz CT molecular complexity index is 441. The highest BCUT2D eigenvalue weighted by Crippen LogP contribution is 2.20. The molecule has 0 spiro atoms. The van der Waals surface area contributed by atoms with Gasteiger partial charge in [-0.05, 0) is 13.3 Å². The van der Waals surface area contributed by atoms with E-state index in [1.165, 1.54) is 0 Å². The van der Waals surface area contributed by atoms with E-state index in [0.717, 1.165) is 16.3 Å². The number of carbonyl (C=O) groups excluding carboxylic acids is 1. The zero-order chi connectivity index (χ0) is 12.4. The molecule has 4 nitrogen and oxygen atoms in total. The third kappa shape index (κ3) is 2.92. The standard InChI is InChI=1S/C12H17N3OS/c1-8-14-6-11(17-8)7-15(2)12(16)9-3-4-10(13)5-9/h3-4,6,9-10H,5,7,13H2,1-2H3. The van der Waals surface area contributed by atoms with Crippen molar-refractivity contribution in [2.45, 2.75) is 25.9 Å². The van der Waals surface area contributed by atoms with Crippen LogP contribution in [0.4, 0.5) is 0 Å². The Morgan fingerprint density at radius 3 is 2.94 bits per heavy atom. The molecular formula is C12H17N3OS. The van der Waals surface area contributed by atoms with E-state index < -0.39 is 0 Å². The molecule has 1 heterocycles. The summed E-state index contributed by atoms with van der Waals surface area (Å²) in [5.74, 6) is 0.0873. The molecule has 0 fully saturated rings. The lowest BCUT2D eigenvalue weighted by molar-refractivity contribution is -0.133. The number of aromatic nitrogens is 1. The number of nitrogens with two attached hydrogens (primary N) is 1. The summed E-state index contributed by atoms with van der Waals surface area (Å²) < 4.78 is 0. The number of aryl methyl sites for hydroxylation is 1. The van der Waals surface area contributed by atoms with E-state index in [2.05, 4.69) is 4.98 Å². The summed E-state index contributed by atoms with van der Waals surface area (Å²) in [7, 11) is 1.83. The molecule has 2 N–H and O–H groups in total. The van der Waals surface area contributed by atoms with Crippen molar-refractivity contribution in [3.05, 3.63) is 28.2 Å². The van der Waals surface area contributed by atoms with E-state index in [1.807, 2.05) is 32.3 Å². The maximum atomic E-state index is 12.1. The van der Waals surface area contributed by atoms with Crippen LogP contribution in [-0.4, -0.2) is 28.9 Å². The molecule has 2 atom stereocenters. The minimum absolute atomic E-state index is 0.0306. The molecule has 0 bridgehead atoms. The molecule has 0 aromatic carbocycles. The second kappa shape index (κ2) is 4.98. The van der Waals surface area contributed by atoms with Gasteiger partial charge in [0.15, 0.2) is 0 Å². The van der Waals surface area contributed by atoms with Crippen molar-refractivity contribution in [2.24, 2.45) is 11.7 Å². The lowest BCUT2D eigenvalue weighted by Gasteiger charge is -2.19. The first-order chi connectivity index (χ1) is 8.06. The van der Waals surface area contributed by atoms with Gasteiger partial charge >= 0.3 is 0 Å². The van der Waals surface area contributed by atoms with E-state index in [4.69, 9.17) is 5.73 Å². The van der Waals surface area contributed by atoms with E-state index in [0.29, 0.717) is 6.54 Å². The third-order valence-corrected chi connectivity index (χ3v) is 3.77. The first-order valence-electron chi connectivity index (χ1n) is 5.66. The largest absolute Gasteiger partial charge is 0.340 e. The Kier molecular flexibility index (Phi) is 3.59. The van der Waals surface area contributed by atoms with Gasteiger partial charge in [-0.15, -0.1) is 11.3 Å². The van der Waals surface area contributed by atoms with Crippen molar-refractivity contribution in [1.29, 1.82) is 0 Å². The van der Waals surface area contributed by atoms with Crippen molar-refractivity contribution in [2.75, 3.05) is 7.05 Å². The fourth-order valence-corrected chi connectivity index (χ4v) is 2.83. The maximum Gasteiger partial charge on any atom is 0.229 e. The van der Waals surface area contributed by atoms with Crippen LogP contribution in [0.1, 0.15) is 16.3 Å². The Morgan fingerprint density at radius 2 is 2.41 bits per heavy atom. The fraction of sp³-hybridized carbons (Fsp3) is 0.500. The quantitative estimate of drug-likeness (QED) is 0.824. The van der Waals surface area contributed by atoms with Gasteiger partial charge in [-0.25, -0.2) is 4.98 Å². The number of thiazole rings is 1. The van der Waals surface area contributed by atoms with Gasteiger partial charge in [-0.3, -0.25) is 4.79 Å². The molecule has 1 amide bonds. The Morgan fingerprint density at radius 1 is 1.65 bits per heavy atom. The summed E-state index contributed by atoms with van der Waals surface area (Å²) in [5.41, 5.74) is 5.75. The first kappa shape index (κ1) is 12.3. The highest BCUT2D eigenvalue weighted by Gasteiger charge is 2.25. The molecule has 17 heavy (non-hydrogen) atoms. The van der Waals surface area contributed by atoms with Crippen LogP contribution < -0.4 is 5.73 Å². The number of hydrogen-bond donors (Lipinski definition) is 1. The van der Waals surface area contributed by atoms with Crippen LogP contribution in [0, 0.1) is 12.8 Å². The van der Waals surface area contributed by atoms with Crippen molar-refractivity contribution < 1.29 is 4.79 Å². The van der Waals surface area contributed by atoms with Crippen molar-refractivity contribution in [3.63, 3.8) is 0 Å². The van der Waals surface area contributed by atoms with Crippen LogP contribution in [-0.2, 0) is 11.3 Å². The molecule has 0 saturated carbocycles. The van der Waals surface area contributed by atoms with Crippen LogP contribution in [0.25, 0.3) is 0 Å². The van der Waals surface area contributed by atoms with Crippen LogP contribution in [0.2, 0.25) is 0 Å². The van der Waals surface area contributed by atoms with E-state index in [9.17, 15) is 4.79 Å². The number of nitrogens with zero attached hydrogens (tertiary/aromatic N) is 2. The number of amides is 1. The zero-order valence-electron chi connectivity index (χ0n) is 10.1. The average Bonchev–Trinajstić information content (AvgIpc) is 2.87. The monoisotopic (exact) mass is 251 g/mol. The van der Waals surface area contributed by atoms with Gasteiger partial charge < -0.3 is 10.6 Å². The van der Waals surface area contributed by atoms with Crippen LogP contribution >= 0.6 is 11.3 Å². The highest BCUT2D eigenvalue weighted by atomic mass is 32.1. The molecule has 2 rings (SSSR count).